The number of hydrogen-bond acceptors (Lipinski definition) is 6. The summed E-state index contributed by atoms with van der Waals surface area (Å²) in [7, 11) is 0. The van der Waals surface area contributed by atoms with Crippen LogP contribution in [-0.4, -0.2) is 20.1 Å². The predicted molar refractivity (Wildman–Crippen MR) is 106 cm³/mol. The molecule has 2 aromatic heterocycles. The largest absolute Gasteiger partial charge is 0.473 e. The van der Waals surface area contributed by atoms with Crippen LogP contribution in [0.3, 0.4) is 0 Å². The highest BCUT2D eigenvalue weighted by molar-refractivity contribution is 5.45. The van der Waals surface area contributed by atoms with Gasteiger partial charge in [0.05, 0.1) is 12.1 Å². The number of fused-ring (bicyclic) bond motifs is 1. The van der Waals surface area contributed by atoms with E-state index in [1.54, 1.807) is 6.07 Å². The first-order valence-corrected chi connectivity index (χ1v) is 9.53. The van der Waals surface area contributed by atoms with Crippen LogP contribution in [0, 0.1) is 5.82 Å². The Morgan fingerprint density at radius 1 is 1.19 bits per heavy atom. The van der Waals surface area contributed by atoms with Gasteiger partial charge in [-0.05, 0) is 37.6 Å². The molecule has 0 amide bonds. The molecule has 32 heavy (non-hydrogen) atoms. The molecule has 0 aliphatic carbocycles. The zero-order valence-electron chi connectivity index (χ0n) is 17.0. The van der Waals surface area contributed by atoms with Gasteiger partial charge in [-0.25, -0.2) is 9.18 Å². The Balaban J connectivity index is 1.45. The van der Waals surface area contributed by atoms with Crippen molar-refractivity contribution >= 4 is 5.82 Å². The number of halogens is 4. The van der Waals surface area contributed by atoms with Crippen LogP contribution in [0.5, 0.6) is 17.4 Å². The van der Waals surface area contributed by atoms with Gasteiger partial charge >= 0.3 is 11.9 Å². The summed E-state index contributed by atoms with van der Waals surface area (Å²) in [5, 5.41) is 3.20. The van der Waals surface area contributed by atoms with Crippen molar-refractivity contribution in [3.8, 4) is 17.4 Å². The third-order valence-corrected chi connectivity index (χ3v) is 4.64. The second kappa shape index (κ2) is 7.81. The number of nitrogens with one attached hydrogen (secondary N) is 1. The van der Waals surface area contributed by atoms with E-state index in [0.29, 0.717) is 24.0 Å². The maximum absolute atomic E-state index is 14.4. The number of aromatic nitrogens is 3. The minimum absolute atomic E-state index is 0.0794. The van der Waals surface area contributed by atoms with E-state index < -0.39 is 23.4 Å². The van der Waals surface area contributed by atoms with E-state index in [-0.39, 0.29) is 29.5 Å². The molecular formula is C21H18F4N4O3. The van der Waals surface area contributed by atoms with E-state index >= 15 is 0 Å². The molecule has 11 heteroatoms. The molecule has 1 aromatic carbocycles. The fourth-order valence-electron chi connectivity index (χ4n) is 3.23. The predicted octanol–water partition coefficient (Wildman–Crippen LogP) is 4.37. The van der Waals surface area contributed by atoms with Crippen LogP contribution in [0.15, 0.2) is 47.4 Å². The van der Waals surface area contributed by atoms with Crippen molar-refractivity contribution in [2.45, 2.75) is 38.7 Å². The number of hydrogen-bond donors (Lipinski definition) is 1. The van der Waals surface area contributed by atoms with Gasteiger partial charge in [0, 0.05) is 18.3 Å². The molecular weight excluding hydrogens is 432 g/mol. The molecule has 168 valence electrons. The molecule has 1 N–H and O–H groups in total. The maximum Gasteiger partial charge on any atom is 0.433 e. The number of pyridine rings is 1. The van der Waals surface area contributed by atoms with Crippen LogP contribution < -0.4 is 20.5 Å². The third-order valence-electron chi connectivity index (χ3n) is 4.64. The molecule has 0 atom stereocenters. The van der Waals surface area contributed by atoms with Gasteiger partial charge in [0.2, 0.25) is 5.88 Å². The van der Waals surface area contributed by atoms with Crippen LogP contribution in [0.1, 0.15) is 25.1 Å². The average Bonchev–Trinajstić information content (AvgIpc) is 3.02. The summed E-state index contributed by atoms with van der Waals surface area (Å²) >= 11 is 0. The molecule has 0 saturated heterocycles. The Labute approximate surface area is 179 Å². The minimum atomic E-state index is -4.64. The van der Waals surface area contributed by atoms with Crippen molar-refractivity contribution in [2.75, 3.05) is 5.32 Å². The van der Waals surface area contributed by atoms with Gasteiger partial charge in [-0.1, -0.05) is 6.07 Å². The highest BCUT2D eigenvalue weighted by Crippen LogP contribution is 2.32. The molecule has 0 spiro atoms. The van der Waals surface area contributed by atoms with E-state index in [0.717, 1.165) is 12.3 Å². The minimum Gasteiger partial charge on any atom is -0.473 e. The molecule has 4 rings (SSSR count). The molecule has 0 saturated carbocycles. The molecule has 0 fully saturated rings. The number of ether oxygens (including phenoxy) is 2. The zero-order valence-corrected chi connectivity index (χ0v) is 17.0. The summed E-state index contributed by atoms with van der Waals surface area (Å²) < 4.78 is 65.0. The fourth-order valence-corrected chi connectivity index (χ4v) is 3.23. The molecule has 0 unspecified atom stereocenters. The normalized spacial score (nSPS) is 14.6. The van der Waals surface area contributed by atoms with Gasteiger partial charge in [-0.2, -0.15) is 18.2 Å². The number of benzene rings is 1. The Morgan fingerprint density at radius 3 is 2.69 bits per heavy atom. The van der Waals surface area contributed by atoms with Crippen LogP contribution in [0.25, 0.3) is 0 Å². The van der Waals surface area contributed by atoms with E-state index in [1.165, 1.54) is 22.8 Å². The molecule has 3 aromatic rings. The lowest BCUT2D eigenvalue weighted by Crippen LogP contribution is -2.30. The monoisotopic (exact) mass is 450 g/mol. The summed E-state index contributed by atoms with van der Waals surface area (Å²) in [5.41, 5.74) is -1.48. The summed E-state index contributed by atoms with van der Waals surface area (Å²) in [6.45, 7) is 4.29. The molecule has 7 nitrogen and oxygen atoms in total. The first-order chi connectivity index (χ1) is 15.0. The Hall–Kier alpha value is -3.63. The Bertz CT molecular complexity index is 1220. The van der Waals surface area contributed by atoms with Crippen molar-refractivity contribution in [1.29, 1.82) is 0 Å². The van der Waals surface area contributed by atoms with Crippen molar-refractivity contribution < 1.29 is 27.0 Å². The lowest BCUT2D eigenvalue weighted by Gasteiger charge is -2.16. The molecule has 0 radical (unpaired) electrons. The van der Waals surface area contributed by atoms with E-state index in [4.69, 9.17) is 9.47 Å². The van der Waals surface area contributed by atoms with Crippen LogP contribution in [0.2, 0.25) is 0 Å². The molecule has 0 bridgehead atoms. The van der Waals surface area contributed by atoms with Crippen molar-refractivity contribution in [3.63, 3.8) is 0 Å². The van der Waals surface area contributed by atoms with Crippen LogP contribution >= 0.6 is 0 Å². The standard InChI is InChI=1S/C21H18F4N4O3/c1-20(2)11-29-17(28-20)9-18(27-19(29)30)31-10-12-3-4-15(14(22)7-12)32-13-5-6-26-16(8-13)21(23,24)25/h3-9,28H,10-11H2,1-2H3. The number of rotatable bonds is 5. The van der Waals surface area contributed by atoms with Gasteiger partial charge in [0.15, 0.2) is 11.6 Å². The number of nitrogens with zero attached hydrogens (tertiary/aromatic N) is 3. The highest BCUT2D eigenvalue weighted by Gasteiger charge is 2.33. The van der Waals surface area contributed by atoms with Crippen molar-refractivity contribution in [3.05, 3.63) is 70.2 Å². The molecule has 1 aliphatic heterocycles. The lowest BCUT2D eigenvalue weighted by atomic mass is 10.1. The quantitative estimate of drug-likeness (QED) is 0.582. The summed E-state index contributed by atoms with van der Waals surface area (Å²) in [4.78, 5) is 19.3. The van der Waals surface area contributed by atoms with Crippen LogP contribution in [-0.2, 0) is 19.3 Å². The second-order valence-electron chi connectivity index (χ2n) is 7.89. The van der Waals surface area contributed by atoms with Gasteiger partial charge in [0.1, 0.15) is 23.9 Å². The smallest absolute Gasteiger partial charge is 0.433 e. The first kappa shape index (κ1) is 21.6. The van der Waals surface area contributed by atoms with E-state index in [2.05, 4.69) is 15.3 Å². The molecule has 3 heterocycles. The number of anilines is 1. The second-order valence-corrected chi connectivity index (χ2v) is 7.89. The van der Waals surface area contributed by atoms with E-state index in [9.17, 15) is 22.4 Å². The summed E-state index contributed by atoms with van der Waals surface area (Å²) in [6.07, 6.45) is -3.71. The SMILES string of the molecule is CC1(C)Cn2c(cc(OCc3ccc(Oc4ccnc(C(F)(F)F)c4)c(F)c3)nc2=O)N1. The van der Waals surface area contributed by atoms with Gasteiger partial charge in [-0.15, -0.1) is 0 Å². The lowest BCUT2D eigenvalue weighted by molar-refractivity contribution is -0.141. The zero-order chi connectivity index (χ0) is 23.1. The Morgan fingerprint density at radius 2 is 1.97 bits per heavy atom. The van der Waals surface area contributed by atoms with E-state index in [1.807, 2.05) is 13.8 Å². The average molecular weight is 450 g/mol. The summed E-state index contributed by atoms with van der Waals surface area (Å²) in [5.74, 6) is -0.581. The van der Waals surface area contributed by atoms with Gasteiger partial charge < -0.3 is 14.8 Å². The topological polar surface area (TPSA) is 78.3 Å². The highest BCUT2D eigenvalue weighted by atomic mass is 19.4. The summed E-state index contributed by atoms with van der Waals surface area (Å²) in [6, 6.07) is 7.36. The van der Waals surface area contributed by atoms with Crippen LogP contribution in [0.4, 0.5) is 23.4 Å². The first-order valence-electron chi connectivity index (χ1n) is 9.53. The Kier molecular flexibility index (Phi) is 5.27. The number of alkyl halides is 3. The van der Waals surface area contributed by atoms with Gasteiger partial charge in [0.25, 0.3) is 0 Å². The van der Waals surface area contributed by atoms with Gasteiger partial charge in [-0.3, -0.25) is 9.55 Å². The van der Waals surface area contributed by atoms with Crippen molar-refractivity contribution in [2.24, 2.45) is 0 Å². The van der Waals surface area contributed by atoms with Crippen molar-refractivity contribution in [1.82, 2.24) is 14.5 Å². The third kappa shape index (κ3) is 4.66. The molecule has 1 aliphatic rings. The maximum atomic E-state index is 14.4. The fraction of sp³-hybridized carbons (Fsp3) is 0.286.